The summed E-state index contributed by atoms with van der Waals surface area (Å²) in [5.74, 6) is -0.312. The van der Waals surface area contributed by atoms with Gasteiger partial charge in [-0.05, 0) is 48.9 Å². The molecule has 1 atom stereocenters. The minimum atomic E-state index is -0.726. The second-order valence-electron chi connectivity index (χ2n) is 4.14. The number of aliphatic hydroxyl groups is 1. The lowest BCUT2D eigenvalue weighted by molar-refractivity contribution is 0.196. The smallest absolute Gasteiger partial charge is 0.195 e. The first-order valence-corrected chi connectivity index (χ1v) is 6.30. The normalized spacial score (nSPS) is 12.7. The van der Waals surface area contributed by atoms with Crippen LogP contribution in [0.5, 0.6) is 0 Å². The predicted molar refractivity (Wildman–Crippen MR) is 66.9 cm³/mol. The van der Waals surface area contributed by atoms with Crippen molar-refractivity contribution in [3.05, 3.63) is 35.4 Å². The van der Waals surface area contributed by atoms with E-state index in [0.29, 0.717) is 16.3 Å². The van der Waals surface area contributed by atoms with Crippen LogP contribution in [0.25, 0.3) is 0 Å². The second-order valence-corrected chi connectivity index (χ2v) is 5.15. The number of halogens is 1. The standard InChI is InChI=1S/C12H14FN3OS/c1-7-4-11(9(8(2)17)5-10(7)13)18-12-15-14-6-16(12)3/h4-6,8,17H,1-3H3. The molecule has 1 N–H and O–H groups in total. The highest BCUT2D eigenvalue weighted by molar-refractivity contribution is 7.99. The van der Waals surface area contributed by atoms with Gasteiger partial charge in [0.25, 0.3) is 0 Å². The van der Waals surface area contributed by atoms with Gasteiger partial charge in [0.2, 0.25) is 0 Å². The quantitative estimate of drug-likeness (QED) is 0.928. The highest BCUT2D eigenvalue weighted by atomic mass is 32.2. The largest absolute Gasteiger partial charge is 0.389 e. The molecule has 0 amide bonds. The van der Waals surface area contributed by atoms with Gasteiger partial charge in [-0.15, -0.1) is 10.2 Å². The maximum atomic E-state index is 13.5. The van der Waals surface area contributed by atoms with Gasteiger partial charge in [0.1, 0.15) is 12.1 Å². The van der Waals surface area contributed by atoms with Crippen molar-refractivity contribution in [2.75, 3.05) is 0 Å². The van der Waals surface area contributed by atoms with Crippen LogP contribution >= 0.6 is 11.8 Å². The maximum absolute atomic E-state index is 13.5. The van der Waals surface area contributed by atoms with E-state index in [1.165, 1.54) is 17.8 Å². The summed E-state index contributed by atoms with van der Waals surface area (Å²) in [6.07, 6.45) is 0.872. The van der Waals surface area contributed by atoms with Gasteiger partial charge in [-0.3, -0.25) is 0 Å². The van der Waals surface area contributed by atoms with Gasteiger partial charge in [-0.1, -0.05) is 0 Å². The lowest BCUT2D eigenvalue weighted by Gasteiger charge is -2.12. The summed E-state index contributed by atoms with van der Waals surface area (Å²) in [5.41, 5.74) is 1.11. The summed E-state index contributed by atoms with van der Waals surface area (Å²) in [5, 5.41) is 18.1. The minimum absolute atomic E-state index is 0.312. The summed E-state index contributed by atoms with van der Waals surface area (Å²) in [7, 11) is 1.83. The molecule has 0 fully saturated rings. The lowest BCUT2D eigenvalue weighted by Crippen LogP contribution is -1.98. The number of nitrogens with zero attached hydrogens (tertiary/aromatic N) is 3. The van der Waals surface area contributed by atoms with Crippen molar-refractivity contribution in [2.45, 2.75) is 30.0 Å². The summed E-state index contributed by atoms with van der Waals surface area (Å²) < 4.78 is 15.3. The predicted octanol–water partition coefficient (Wildman–Crippen LogP) is 2.47. The van der Waals surface area contributed by atoms with Crippen LogP contribution in [0.3, 0.4) is 0 Å². The Morgan fingerprint density at radius 2 is 2.17 bits per heavy atom. The van der Waals surface area contributed by atoms with Crippen LogP contribution in [-0.4, -0.2) is 19.9 Å². The second kappa shape index (κ2) is 5.07. The number of benzene rings is 1. The maximum Gasteiger partial charge on any atom is 0.195 e. The topological polar surface area (TPSA) is 50.9 Å². The van der Waals surface area contributed by atoms with Crippen LogP contribution in [-0.2, 0) is 7.05 Å². The monoisotopic (exact) mass is 267 g/mol. The Labute approximate surface area is 109 Å². The Bertz CT molecular complexity index is 568. The van der Waals surface area contributed by atoms with Crippen molar-refractivity contribution in [3.63, 3.8) is 0 Å². The highest BCUT2D eigenvalue weighted by Crippen LogP contribution is 2.33. The first-order chi connectivity index (χ1) is 8.49. The van der Waals surface area contributed by atoms with E-state index in [4.69, 9.17) is 0 Å². The molecule has 0 bridgehead atoms. The summed E-state index contributed by atoms with van der Waals surface area (Å²) in [4.78, 5) is 0.792. The Kier molecular flexibility index (Phi) is 3.68. The summed E-state index contributed by atoms with van der Waals surface area (Å²) in [6, 6.07) is 3.09. The van der Waals surface area contributed by atoms with Crippen LogP contribution in [0.4, 0.5) is 4.39 Å². The van der Waals surface area contributed by atoms with Crippen LogP contribution in [0, 0.1) is 12.7 Å². The van der Waals surface area contributed by atoms with E-state index in [0.717, 1.165) is 4.90 Å². The number of aromatic nitrogens is 3. The molecule has 1 aromatic heterocycles. The lowest BCUT2D eigenvalue weighted by atomic mass is 10.1. The van der Waals surface area contributed by atoms with Crippen molar-refractivity contribution in [2.24, 2.45) is 7.05 Å². The first-order valence-electron chi connectivity index (χ1n) is 5.49. The number of hydrogen-bond acceptors (Lipinski definition) is 4. The molecule has 1 aromatic carbocycles. The van der Waals surface area contributed by atoms with E-state index in [2.05, 4.69) is 10.2 Å². The van der Waals surface area contributed by atoms with Crippen LogP contribution in [0.15, 0.2) is 28.5 Å². The fourth-order valence-electron chi connectivity index (χ4n) is 1.55. The van der Waals surface area contributed by atoms with Gasteiger partial charge in [0.15, 0.2) is 5.16 Å². The number of aliphatic hydroxyl groups excluding tert-OH is 1. The molecule has 0 radical (unpaired) electrons. The van der Waals surface area contributed by atoms with Crippen LogP contribution in [0.1, 0.15) is 24.2 Å². The van der Waals surface area contributed by atoms with Gasteiger partial charge in [0.05, 0.1) is 6.10 Å². The SMILES string of the molecule is Cc1cc(Sc2nncn2C)c(C(C)O)cc1F. The third-order valence-electron chi connectivity index (χ3n) is 2.61. The number of aryl methyl sites for hydroxylation is 2. The molecule has 4 nitrogen and oxygen atoms in total. The van der Waals surface area contributed by atoms with E-state index in [1.807, 2.05) is 7.05 Å². The molecular weight excluding hydrogens is 253 g/mol. The highest BCUT2D eigenvalue weighted by Gasteiger charge is 2.14. The molecule has 18 heavy (non-hydrogen) atoms. The average molecular weight is 267 g/mol. The van der Waals surface area contributed by atoms with Crippen LogP contribution in [0.2, 0.25) is 0 Å². The third-order valence-corrected chi connectivity index (χ3v) is 3.74. The molecule has 0 aliphatic heterocycles. The molecular formula is C12H14FN3OS. The van der Waals surface area contributed by atoms with Crippen molar-refractivity contribution in [3.8, 4) is 0 Å². The molecule has 2 rings (SSSR count). The molecule has 1 heterocycles. The molecule has 0 aliphatic rings. The van der Waals surface area contributed by atoms with Crippen molar-refractivity contribution >= 4 is 11.8 Å². The Hall–Kier alpha value is -1.40. The molecule has 1 unspecified atom stereocenters. The first kappa shape index (κ1) is 13.0. The van der Waals surface area contributed by atoms with Gasteiger partial charge >= 0.3 is 0 Å². The molecule has 0 saturated carbocycles. The molecule has 0 saturated heterocycles. The Balaban J connectivity index is 2.43. The molecule has 6 heteroatoms. The molecule has 0 spiro atoms. The molecule has 2 aromatic rings. The molecule has 96 valence electrons. The molecule has 0 aliphatic carbocycles. The number of hydrogen-bond donors (Lipinski definition) is 1. The zero-order valence-electron chi connectivity index (χ0n) is 10.4. The van der Waals surface area contributed by atoms with Crippen LogP contribution < -0.4 is 0 Å². The van der Waals surface area contributed by atoms with Crippen molar-refractivity contribution < 1.29 is 9.50 Å². The summed E-state index contributed by atoms with van der Waals surface area (Å²) >= 11 is 1.36. The van der Waals surface area contributed by atoms with E-state index in [1.54, 1.807) is 30.8 Å². The van der Waals surface area contributed by atoms with Gasteiger partial charge < -0.3 is 9.67 Å². The minimum Gasteiger partial charge on any atom is -0.389 e. The van der Waals surface area contributed by atoms with Gasteiger partial charge in [-0.2, -0.15) is 0 Å². The van der Waals surface area contributed by atoms with Crippen molar-refractivity contribution in [1.29, 1.82) is 0 Å². The Morgan fingerprint density at radius 3 is 2.72 bits per heavy atom. The van der Waals surface area contributed by atoms with E-state index in [-0.39, 0.29) is 5.82 Å². The van der Waals surface area contributed by atoms with Gasteiger partial charge in [-0.25, -0.2) is 4.39 Å². The summed E-state index contributed by atoms with van der Waals surface area (Å²) in [6.45, 7) is 3.31. The average Bonchev–Trinajstić information content (AvgIpc) is 2.69. The third kappa shape index (κ3) is 2.54. The van der Waals surface area contributed by atoms with E-state index in [9.17, 15) is 9.50 Å². The zero-order valence-corrected chi connectivity index (χ0v) is 11.2. The Morgan fingerprint density at radius 1 is 1.44 bits per heavy atom. The van der Waals surface area contributed by atoms with Gasteiger partial charge in [0, 0.05) is 11.9 Å². The number of rotatable bonds is 3. The zero-order chi connectivity index (χ0) is 13.3. The fraction of sp³-hybridized carbons (Fsp3) is 0.333. The van der Waals surface area contributed by atoms with E-state index < -0.39 is 6.10 Å². The van der Waals surface area contributed by atoms with E-state index >= 15 is 0 Å². The van der Waals surface area contributed by atoms with Crippen molar-refractivity contribution in [1.82, 2.24) is 14.8 Å². The fourth-order valence-corrected chi connectivity index (χ4v) is 2.61.